The molecule has 1 fully saturated rings. The topological polar surface area (TPSA) is 102 Å². The van der Waals surface area contributed by atoms with Crippen molar-refractivity contribution in [3.63, 3.8) is 0 Å². The summed E-state index contributed by atoms with van der Waals surface area (Å²) in [7, 11) is 2.15. The molecule has 9 nitrogen and oxygen atoms in total. The second-order valence-electron chi connectivity index (χ2n) is 10.1. The first kappa shape index (κ1) is 25.4. The summed E-state index contributed by atoms with van der Waals surface area (Å²) in [4.78, 5) is 22.0. The maximum atomic E-state index is 5.00. The van der Waals surface area contributed by atoms with Crippen molar-refractivity contribution in [3.05, 3.63) is 65.8 Å². The smallest absolute Gasteiger partial charge is 0.159 e. The van der Waals surface area contributed by atoms with Crippen LogP contribution in [0.2, 0.25) is 0 Å². The minimum Gasteiger partial charge on any atom is -0.366 e. The van der Waals surface area contributed by atoms with E-state index in [2.05, 4.69) is 74.3 Å². The van der Waals surface area contributed by atoms with Crippen LogP contribution in [0.25, 0.3) is 40.3 Å². The summed E-state index contributed by atoms with van der Waals surface area (Å²) in [6, 6.07) is 2.03. The molecule has 0 aliphatic carbocycles. The summed E-state index contributed by atoms with van der Waals surface area (Å²) in [5, 5.41) is 12.9. The van der Waals surface area contributed by atoms with Gasteiger partial charge in [0.2, 0.25) is 0 Å². The molecule has 4 aromatic rings. The number of aromatic amines is 2. The number of piperazine rings is 1. The van der Waals surface area contributed by atoms with Crippen LogP contribution in [-0.2, 0) is 0 Å². The average Bonchev–Trinajstić information content (AvgIpc) is 3.53. The number of nitrogens with zero attached hydrogens (tertiary/aromatic N) is 6. The molecule has 0 amide bonds. The molecule has 0 spiro atoms. The molecule has 196 valence electrons. The molecule has 9 heteroatoms. The largest absolute Gasteiger partial charge is 0.366 e. The van der Waals surface area contributed by atoms with Gasteiger partial charge in [0.15, 0.2) is 5.82 Å². The molecule has 1 aliphatic heterocycles. The molecule has 0 radical (unpaired) electrons. The number of nitrogens with one attached hydrogen (secondary N) is 3. The Balaban J connectivity index is 1.52. The summed E-state index contributed by atoms with van der Waals surface area (Å²) >= 11 is 0. The second-order valence-corrected chi connectivity index (χ2v) is 10.1. The van der Waals surface area contributed by atoms with Crippen LogP contribution in [0.4, 0.5) is 11.4 Å². The lowest BCUT2D eigenvalue weighted by molar-refractivity contribution is 0.313. The quantitative estimate of drug-likeness (QED) is 0.351. The Morgan fingerprint density at radius 1 is 1.08 bits per heavy atom. The molecule has 5 rings (SSSR count). The first-order valence-electron chi connectivity index (χ1n) is 12.9. The third-order valence-corrected chi connectivity index (χ3v) is 6.99. The van der Waals surface area contributed by atoms with Crippen molar-refractivity contribution in [3.8, 4) is 11.5 Å². The summed E-state index contributed by atoms with van der Waals surface area (Å²) < 4.78 is 0. The van der Waals surface area contributed by atoms with Gasteiger partial charge in [0.1, 0.15) is 11.2 Å². The van der Waals surface area contributed by atoms with Crippen LogP contribution in [0.5, 0.6) is 0 Å². The lowest BCUT2D eigenvalue weighted by atomic mass is 10.1. The van der Waals surface area contributed by atoms with Crippen LogP contribution in [0.15, 0.2) is 49.7 Å². The number of aromatic nitrogens is 6. The van der Waals surface area contributed by atoms with Crippen molar-refractivity contribution >= 4 is 40.1 Å². The first-order chi connectivity index (χ1) is 18.3. The SMILES string of the molecule is C=C(/C=c1/c(-c2nc3c(N4CCN(C)CC4)cncc3[nH]2)n[nH]/c1=C/C)c1cncc(NC(=C)C(C)C)c1. The van der Waals surface area contributed by atoms with Gasteiger partial charge < -0.3 is 20.1 Å². The molecule has 0 aromatic carbocycles. The maximum absolute atomic E-state index is 5.00. The number of fused-ring (bicyclic) bond motifs is 1. The van der Waals surface area contributed by atoms with Crippen LogP contribution in [0.1, 0.15) is 26.3 Å². The van der Waals surface area contributed by atoms with Gasteiger partial charge in [-0.25, -0.2) is 4.98 Å². The van der Waals surface area contributed by atoms with Gasteiger partial charge in [-0.2, -0.15) is 5.10 Å². The Kier molecular flexibility index (Phi) is 7.11. The van der Waals surface area contributed by atoms with Gasteiger partial charge in [-0.15, -0.1) is 0 Å². The average molecular weight is 510 g/mol. The standard InChI is InChI=1S/C29H35N9/c1-7-24-23(12-19(4)21-13-22(15-30-14-21)32-20(5)18(2)3)27(36-35-24)29-33-25-16-31-17-26(28(25)34-29)38-10-8-37(6)9-11-38/h7,12-18,32,35H,4-5,8-11H2,1-3,6H3,(H,33,34)/b23-12+,24-7+. The molecular formula is C29H35N9. The number of H-pyrrole nitrogens is 2. The predicted octanol–water partition coefficient (Wildman–Crippen LogP) is 3.37. The van der Waals surface area contributed by atoms with Crippen LogP contribution in [0.3, 0.4) is 0 Å². The Labute approximate surface area is 222 Å². The second kappa shape index (κ2) is 10.6. The zero-order chi connectivity index (χ0) is 26.8. The molecule has 0 unspecified atom stereocenters. The lowest BCUT2D eigenvalue weighted by Gasteiger charge is -2.33. The van der Waals surface area contributed by atoms with Crippen molar-refractivity contribution in [2.24, 2.45) is 5.92 Å². The fraction of sp³-hybridized carbons (Fsp3) is 0.310. The molecule has 5 heterocycles. The highest BCUT2D eigenvalue weighted by atomic mass is 15.3. The third kappa shape index (κ3) is 5.10. The van der Waals surface area contributed by atoms with Crippen LogP contribution in [0, 0.1) is 5.92 Å². The van der Waals surface area contributed by atoms with Crippen LogP contribution in [-0.4, -0.2) is 68.3 Å². The molecule has 4 aromatic heterocycles. The van der Waals surface area contributed by atoms with E-state index < -0.39 is 0 Å². The number of hydrogen-bond donors (Lipinski definition) is 3. The van der Waals surface area contributed by atoms with E-state index in [0.717, 1.165) is 81.7 Å². The number of imidazole rings is 1. The van der Waals surface area contributed by atoms with E-state index in [1.807, 2.05) is 43.7 Å². The number of anilines is 2. The van der Waals surface area contributed by atoms with Crippen molar-refractivity contribution in [2.75, 3.05) is 43.4 Å². The van der Waals surface area contributed by atoms with Gasteiger partial charge in [0, 0.05) is 48.9 Å². The van der Waals surface area contributed by atoms with Crippen molar-refractivity contribution < 1.29 is 0 Å². The molecule has 0 saturated carbocycles. The zero-order valence-corrected chi connectivity index (χ0v) is 22.5. The van der Waals surface area contributed by atoms with Crippen LogP contribution >= 0.6 is 0 Å². The van der Waals surface area contributed by atoms with Gasteiger partial charge in [-0.3, -0.25) is 15.1 Å². The van der Waals surface area contributed by atoms with Gasteiger partial charge >= 0.3 is 0 Å². The van der Waals surface area contributed by atoms with Gasteiger partial charge in [0.25, 0.3) is 0 Å². The molecule has 3 N–H and O–H groups in total. The highest BCUT2D eigenvalue weighted by Gasteiger charge is 2.20. The number of allylic oxidation sites excluding steroid dienone is 2. The number of likely N-dealkylation sites (N-methyl/N-ethyl adjacent to an activating group) is 1. The Bertz CT molecular complexity index is 1600. The minimum atomic E-state index is 0.320. The Morgan fingerprint density at radius 2 is 1.84 bits per heavy atom. The fourth-order valence-electron chi connectivity index (χ4n) is 4.49. The molecule has 0 bridgehead atoms. The predicted molar refractivity (Wildman–Crippen MR) is 156 cm³/mol. The Morgan fingerprint density at radius 3 is 2.58 bits per heavy atom. The summed E-state index contributed by atoms with van der Waals surface area (Å²) in [5.41, 5.74) is 7.12. The van der Waals surface area contributed by atoms with E-state index in [0.29, 0.717) is 11.7 Å². The Hall–Kier alpha value is -4.24. The van der Waals surface area contributed by atoms with Crippen molar-refractivity contribution in [1.29, 1.82) is 0 Å². The first-order valence-corrected chi connectivity index (χ1v) is 12.9. The van der Waals surface area contributed by atoms with Crippen LogP contribution < -0.4 is 20.8 Å². The van der Waals surface area contributed by atoms with Crippen molar-refractivity contribution in [1.82, 2.24) is 35.0 Å². The number of pyridine rings is 2. The van der Waals surface area contributed by atoms with Gasteiger partial charge in [-0.05, 0) is 37.6 Å². The molecular weight excluding hydrogens is 474 g/mol. The molecule has 1 aliphatic rings. The highest BCUT2D eigenvalue weighted by molar-refractivity contribution is 5.91. The van der Waals surface area contributed by atoms with Gasteiger partial charge in [0.05, 0.1) is 40.8 Å². The monoisotopic (exact) mass is 509 g/mol. The molecule has 0 atom stereocenters. The third-order valence-electron chi connectivity index (χ3n) is 6.99. The van der Waals surface area contributed by atoms with E-state index >= 15 is 0 Å². The zero-order valence-electron chi connectivity index (χ0n) is 22.5. The van der Waals surface area contributed by atoms with E-state index in [4.69, 9.17) is 4.98 Å². The summed E-state index contributed by atoms with van der Waals surface area (Å²) in [6.07, 6.45) is 11.4. The lowest BCUT2D eigenvalue weighted by Crippen LogP contribution is -2.44. The minimum absolute atomic E-state index is 0.320. The number of hydrogen-bond acceptors (Lipinski definition) is 7. The van der Waals surface area contributed by atoms with E-state index in [1.165, 1.54) is 0 Å². The summed E-state index contributed by atoms with van der Waals surface area (Å²) in [6.45, 7) is 18.5. The van der Waals surface area contributed by atoms with E-state index in [-0.39, 0.29) is 0 Å². The molecule has 38 heavy (non-hydrogen) atoms. The van der Waals surface area contributed by atoms with E-state index in [9.17, 15) is 0 Å². The molecule has 1 saturated heterocycles. The van der Waals surface area contributed by atoms with E-state index in [1.54, 1.807) is 6.20 Å². The van der Waals surface area contributed by atoms with Gasteiger partial charge in [-0.1, -0.05) is 33.1 Å². The fourth-order valence-corrected chi connectivity index (χ4v) is 4.49. The normalized spacial score (nSPS) is 15.6. The summed E-state index contributed by atoms with van der Waals surface area (Å²) in [5.74, 6) is 1.01. The highest BCUT2D eigenvalue weighted by Crippen LogP contribution is 2.27. The maximum Gasteiger partial charge on any atom is 0.159 e. The number of rotatable bonds is 7. The van der Waals surface area contributed by atoms with Crippen molar-refractivity contribution in [2.45, 2.75) is 20.8 Å².